The van der Waals surface area contributed by atoms with Gasteiger partial charge in [0.2, 0.25) is 5.91 Å². The van der Waals surface area contributed by atoms with Crippen LogP contribution in [0.1, 0.15) is 24.0 Å². The predicted octanol–water partition coefficient (Wildman–Crippen LogP) is 4.71. The maximum atomic E-state index is 11.9. The van der Waals surface area contributed by atoms with Crippen molar-refractivity contribution in [1.82, 2.24) is 0 Å². The first kappa shape index (κ1) is 16.8. The van der Waals surface area contributed by atoms with Crippen LogP contribution in [0.15, 0.2) is 42.5 Å². The fourth-order valence-electron chi connectivity index (χ4n) is 2.04. The highest BCUT2D eigenvalue weighted by atomic mass is 127. The Morgan fingerprint density at radius 3 is 2.55 bits per heavy atom. The molecule has 1 amide bonds. The number of amides is 1. The molecular weight excluding hydrogens is 389 g/mol. The lowest BCUT2D eigenvalue weighted by Gasteiger charge is -2.09. The van der Waals surface area contributed by atoms with Gasteiger partial charge < -0.3 is 10.1 Å². The molecule has 0 fully saturated rings. The number of rotatable bonds is 6. The molecule has 0 spiro atoms. The number of hydrogen-bond donors (Lipinski definition) is 1. The lowest BCUT2D eigenvalue weighted by molar-refractivity contribution is -0.116. The molecule has 1 N–H and O–H groups in total. The van der Waals surface area contributed by atoms with Crippen LogP contribution < -0.4 is 10.1 Å². The summed E-state index contributed by atoms with van der Waals surface area (Å²) < 4.78 is 6.79. The Balaban J connectivity index is 1.72. The lowest BCUT2D eigenvalue weighted by Crippen LogP contribution is -2.13. The number of anilines is 1. The third-order valence-corrected chi connectivity index (χ3v) is 3.97. The summed E-state index contributed by atoms with van der Waals surface area (Å²) in [5.74, 6) is 0.872. The number of hydrogen-bond acceptors (Lipinski definition) is 2. The molecule has 0 aliphatic carbocycles. The van der Waals surface area contributed by atoms with E-state index in [2.05, 4.69) is 34.0 Å². The minimum atomic E-state index is 0.0248. The normalized spacial score (nSPS) is 10.3. The minimum Gasteiger partial charge on any atom is -0.494 e. The summed E-state index contributed by atoms with van der Waals surface area (Å²) in [5.41, 5.74) is 3.17. The van der Waals surface area contributed by atoms with Gasteiger partial charge in [-0.2, -0.15) is 0 Å². The Labute approximate surface area is 145 Å². The van der Waals surface area contributed by atoms with Gasteiger partial charge in [-0.05, 0) is 78.8 Å². The number of nitrogens with one attached hydrogen (secondary N) is 1. The summed E-state index contributed by atoms with van der Waals surface area (Å²) in [6.45, 7) is 4.58. The van der Waals surface area contributed by atoms with Crippen molar-refractivity contribution in [3.63, 3.8) is 0 Å². The summed E-state index contributed by atoms with van der Waals surface area (Å²) in [4.78, 5) is 11.9. The average molecular weight is 409 g/mol. The van der Waals surface area contributed by atoms with Crippen LogP contribution in [0.5, 0.6) is 5.75 Å². The van der Waals surface area contributed by atoms with E-state index in [1.54, 1.807) is 0 Å². The molecule has 22 heavy (non-hydrogen) atoms. The second kappa shape index (κ2) is 8.17. The highest BCUT2D eigenvalue weighted by Gasteiger charge is 2.05. The molecule has 0 aliphatic rings. The van der Waals surface area contributed by atoms with E-state index in [1.807, 2.05) is 50.2 Å². The van der Waals surface area contributed by atoms with Gasteiger partial charge in [0, 0.05) is 15.7 Å². The predicted molar refractivity (Wildman–Crippen MR) is 98.4 cm³/mol. The maximum absolute atomic E-state index is 11.9. The summed E-state index contributed by atoms with van der Waals surface area (Å²) in [7, 11) is 0. The van der Waals surface area contributed by atoms with E-state index >= 15 is 0 Å². The van der Waals surface area contributed by atoms with Crippen molar-refractivity contribution >= 4 is 34.2 Å². The average Bonchev–Trinajstić information content (AvgIpc) is 2.48. The van der Waals surface area contributed by atoms with Crippen LogP contribution in [0.3, 0.4) is 0 Å². The van der Waals surface area contributed by atoms with Crippen LogP contribution in [-0.2, 0) is 4.79 Å². The third kappa shape index (κ3) is 5.33. The number of carbonyl (C=O) groups excluding carboxylic acids is 1. The Kier molecular flexibility index (Phi) is 6.24. The van der Waals surface area contributed by atoms with E-state index in [9.17, 15) is 4.79 Å². The quantitative estimate of drug-likeness (QED) is 0.555. The van der Waals surface area contributed by atoms with Gasteiger partial charge >= 0.3 is 0 Å². The Hall–Kier alpha value is -1.56. The van der Waals surface area contributed by atoms with E-state index in [-0.39, 0.29) is 5.91 Å². The Morgan fingerprint density at radius 2 is 1.86 bits per heavy atom. The number of halogens is 1. The molecule has 2 aromatic rings. The molecule has 0 aromatic heterocycles. The number of carbonyl (C=O) groups is 1. The van der Waals surface area contributed by atoms with Gasteiger partial charge in [0.1, 0.15) is 5.75 Å². The molecule has 0 bridgehead atoms. The molecule has 2 aromatic carbocycles. The first-order valence-corrected chi connectivity index (χ1v) is 8.38. The SMILES string of the molecule is Cc1ccc(OCCCC(=O)Nc2ccc(I)cc2C)cc1. The first-order chi connectivity index (χ1) is 10.5. The van der Waals surface area contributed by atoms with Crippen LogP contribution in [0.2, 0.25) is 0 Å². The number of benzene rings is 2. The lowest BCUT2D eigenvalue weighted by atomic mass is 10.2. The third-order valence-electron chi connectivity index (χ3n) is 3.30. The largest absolute Gasteiger partial charge is 0.494 e. The van der Waals surface area contributed by atoms with Crippen molar-refractivity contribution in [2.45, 2.75) is 26.7 Å². The fraction of sp³-hybridized carbons (Fsp3) is 0.278. The smallest absolute Gasteiger partial charge is 0.224 e. The van der Waals surface area contributed by atoms with Crippen LogP contribution in [0.4, 0.5) is 5.69 Å². The van der Waals surface area contributed by atoms with Crippen molar-refractivity contribution in [3.05, 3.63) is 57.2 Å². The van der Waals surface area contributed by atoms with Crippen molar-refractivity contribution in [2.24, 2.45) is 0 Å². The van der Waals surface area contributed by atoms with Crippen LogP contribution in [-0.4, -0.2) is 12.5 Å². The van der Waals surface area contributed by atoms with Crippen molar-refractivity contribution in [2.75, 3.05) is 11.9 Å². The molecule has 4 heteroatoms. The zero-order valence-corrected chi connectivity index (χ0v) is 15.0. The van der Waals surface area contributed by atoms with Gasteiger partial charge in [0.05, 0.1) is 6.61 Å². The second-order valence-electron chi connectivity index (χ2n) is 5.27. The van der Waals surface area contributed by atoms with Crippen molar-refractivity contribution in [1.29, 1.82) is 0 Å². The molecule has 0 unspecified atom stereocenters. The van der Waals surface area contributed by atoms with Gasteiger partial charge in [-0.1, -0.05) is 17.7 Å². The van der Waals surface area contributed by atoms with E-state index in [0.29, 0.717) is 19.4 Å². The van der Waals surface area contributed by atoms with E-state index < -0.39 is 0 Å². The summed E-state index contributed by atoms with van der Waals surface area (Å²) in [6, 6.07) is 13.9. The molecule has 0 radical (unpaired) electrons. The zero-order valence-electron chi connectivity index (χ0n) is 12.9. The second-order valence-corrected chi connectivity index (χ2v) is 6.52. The Bertz CT molecular complexity index is 638. The topological polar surface area (TPSA) is 38.3 Å². The van der Waals surface area contributed by atoms with Gasteiger partial charge in [-0.15, -0.1) is 0 Å². The summed E-state index contributed by atoms with van der Waals surface area (Å²) >= 11 is 2.26. The van der Waals surface area contributed by atoms with Crippen molar-refractivity contribution < 1.29 is 9.53 Å². The molecule has 3 nitrogen and oxygen atoms in total. The van der Waals surface area contributed by atoms with Gasteiger partial charge in [-0.25, -0.2) is 0 Å². The molecule has 116 valence electrons. The number of ether oxygens (including phenoxy) is 1. The highest BCUT2D eigenvalue weighted by molar-refractivity contribution is 14.1. The van der Waals surface area contributed by atoms with Crippen molar-refractivity contribution in [3.8, 4) is 5.75 Å². The molecule has 2 rings (SSSR count). The highest BCUT2D eigenvalue weighted by Crippen LogP contribution is 2.18. The van der Waals surface area contributed by atoms with Gasteiger partial charge in [-0.3, -0.25) is 4.79 Å². The molecular formula is C18H20INO2. The van der Waals surface area contributed by atoms with Gasteiger partial charge in [0.15, 0.2) is 0 Å². The molecule has 0 atom stereocenters. The molecule has 0 saturated carbocycles. The summed E-state index contributed by atoms with van der Waals surface area (Å²) in [5, 5.41) is 2.95. The van der Waals surface area contributed by atoms with E-state index in [0.717, 1.165) is 17.0 Å². The first-order valence-electron chi connectivity index (χ1n) is 7.30. The van der Waals surface area contributed by atoms with E-state index in [1.165, 1.54) is 9.13 Å². The monoisotopic (exact) mass is 409 g/mol. The minimum absolute atomic E-state index is 0.0248. The maximum Gasteiger partial charge on any atom is 0.224 e. The van der Waals surface area contributed by atoms with Gasteiger partial charge in [0.25, 0.3) is 0 Å². The van der Waals surface area contributed by atoms with E-state index in [4.69, 9.17) is 4.74 Å². The standard InChI is InChI=1S/C18H20INO2/c1-13-5-8-16(9-6-13)22-11-3-4-18(21)20-17-10-7-15(19)12-14(17)2/h5-10,12H,3-4,11H2,1-2H3,(H,20,21). The van der Waals surface area contributed by atoms with Crippen LogP contribution in [0.25, 0.3) is 0 Å². The number of aryl methyl sites for hydroxylation is 2. The Morgan fingerprint density at radius 1 is 1.14 bits per heavy atom. The molecule has 0 saturated heterocycles. The zero-order chi connectivity index (χ0) is 15.9. The molecule has 0 heterocycles. The summed E-state index contributed by atoms with van der Waals surface area (Å²) in [6.07, 6.45) is 1.15. The fourth-order valence-corrected chi connectivity index (χ4v) is 2.68. The van der Waals surface area contributed by atoms with Crippen LogP contribution >= 0.6 is 22.6 Å². The van der Waals surface area contributed by atoms with Crippen LogP contribution in [0, 0.1) is 17.4 Å². The molecule has 0 aliphatic heterocycles.